The Morgan fingerprint density at radius 1 is 1.24 bits per heavy atom. The van der Waals surface area contributed by atoms with E-state index in [9.17, 15) is 0 Å². The van der Waals surface area contributed by atoms with Crippen molar-refractivity contribution in [1.82, 2.24) is 9.88 Å². The highest BCUT2D eigenvalue weighted by Gasteiger charge is 2.40. The molecule has 2 heterocycles. The molecule has 3 heteroatoms. The van der Waals surface area contributed by atoms with Crippen LogP contribution in [-0.2, 0) is 6.54 Å². The van der Waals surface area contributed by atoms with Crippen LogP contribution in [0, 0.1) is 18.8 Å². The number of rotatable bonds is 2. The molecule has 21 heavy (non-hydrogen) atoms. The molecular weight excluding hydrogens is 258 g/mol. The fourth-order valence-electron chi connectivity index (χ4n) is 4.30. The first-order valence-electron chi connectivity index (χ1n) is 8.04. The van der Waals surface area contributed by atoms with Crippen LogP contribution in [0.25, 0.3) is 10.9 Å². The molecule has 4 rings (SSSR count). The molecule has 0 bridgehead atoms. The molecule has 2 aliphatic rings. The third kappa shape index (κ3) is 2.34. The number of likely N-dealkylation sites (tertiary alicyclic amines) is 1. The summed E-state index contributed by atoms with van der Waals surface area (Å²) >= 11 is 0. The third-order valence-corrected chi connectivity index (χ3v) is 5.31. The third-order valence-electron chi connectivity index (χ3n) is 5.31. The second-order valence-corrected chi connectivity index (χ2v) is 6.80. The first-order valence-corrected chi connectivity index (χ1v) is 8.04. The van der Waals surface area contributed by atoms with Crippen molar-refractivity contribution in [3.05, 3.63) is 41.6 Å². The van der Waals surface area contributed by atoms with Crippen molar-refractivity contribution in [3.8, 4) is 0 Å². The van der Waals surface area contributed by atoms with Crippen LogP contribution in [0.3, 0.4) is 0 Å². The monoisotopic (exact) mass is 281 g/mol. The Morgan fingerprint density at radius 3 is 2.95 bits per heavy atom. The van der Waals surface area contributed by atoms with Gasteiger partial charge in [0.05, 0.1) is 5.52 Å². The number of nitrogens with two attached hydrogens (primary N) is 1. The van der Waals surface area contributed by atoms with Crippen LogP contribution in [0.4, 0.5) is 0 Å². The van der Waals surface area contributed by atoms with Crippen LogP contribution >= 0.6 is 0 Å². The van der Waals surface area contributed by atoms with Crippen molar-refractivity contribution in [2.75, 3.05) is 13.1 Å². The van der Waals surface area contributed by atoms with E-state index in [1.165, 1.54) is 36.9 Å². The van der Waals surface area contributed by atoms with E-state index < -0.39 is 0 Å². The number of hydrogen-bond donors (Lipinski definition) is 1. The lowest BCUT2D eigenvalue weighted by Crippen LogP contribution is -2.30. The van der Waals surface area contributed by atoms with Crippen LogP contribution < -0.4 is 5.73 Å². The molecular formula is C18H23N3. The summed E-state index contributed by atoms with van der Waals surface area (Å²) in [6, 6.07) is 11.2. The van der Waals surface area contributed by atoms with Crippen LogP contribution in [0.2, 0.25) is 0 Å². The highest BCUT2D eigenvalue weighted by Crippen LogP contribution is 2.38. The summed E-state index contributed by atoms with van der Waals surface area (Å²) < 4.78 is 0. The minimum absolute atomic E-state index is 0.427. The summed E-state index contributed by atoms with van der Waals surface area (Å²) in [5.74, 6) is 1.55. The number of hydrogen-bond acceptors (Lipinski definition) is 3. The number of benzene rings is 1. The van der Waals surface area contributed by atoms with Crippen LogP contribution in [0.15, 0.2) is 30.3 Å². The Labute approximate surface area is 126 Å². The van der Waals surface area contributed by atoms with Crippen molar-refractivity contribution in [1.29, 1.82) is 0 Å². The molecule has 1 saturated heterocycles. The van der Waals surface area contributed by atoms with Gasteiger partial charge in [-0.15, -0.1) is 0 Å². The number of fused-ring (bicyclic) bond motifs is 2. The van der Waals surface area contributed by atoms with Gasteiger partial charge in [0.2, 0.25) is 0 Å². The van der Waals surface area contributed by atoms with Gasteiger partial charge in [0.25, 0.3) is 0 Å². The summed E-state index contributed by atoms with van der Waals surface area (Å²) in [5.41, 5.74) is 9.89. The molecule has 3 unspecified atom stereocenters. The average Bonchev–Trinajstić information content (AvgIpc) is 3.01. The first kappa shape index (κ1) is 13.2. The zero-order chi connectivity index (χ0) is 14.4. The van der Waals surface area contributed by atoms with Gasteiger partial charge in [-0.05, 0) is 49.3 Å². The second kappa shape index (κ2) is 5.08. The molecule has 2 fully saturated rings. The van der Waals surface area contributed by atoms with Gasteiger partial charge in [-0.25, -0.2) is 0 Å². The topological polar surface area (TPSA) is 42.1 Å². The lowest BCUT2D eigenvalue weighted by Gasteiger charge is -2.19. The Kier molecular flexibility index (Phi) is 3.20. The minimum Gasteiger partial charge on any atom is -0.327 e. The molecule has 1 aromatic heterocycles. The SMILES string of the molecule is Cc1cc(CN2CC3CCC(N)C3C2)c2ccccc2n1. The van der Waals surface area contributed by atoms with Crippen LogP contribution in [-0.4, -0.2) is 29.0 Å². The minimum atomic E-state index is 0.427. The van der Waals surface area contributed by atoms with E-state index in [-0.39, 0.29) is 0 Å². The second-order valence-electron chi connectivity index (χ2n) is 6.80. The standard InChI is InChI=1S/C18H23N3/c1-12-8-14(15-4-2-3-5-18(15)20-12)10-21-9-13-6-7-17(19)16(13)11-21/h2-5,8,13,16-17H,6-7,9-11,19H2,1H3. The predicted octanol–water partition coefficient (Wildman–Crippen LogP) is 2.71. The lowest BCUT2D eigenvalue weighted by atomic mass is 9.98. The van der Waals surface area contributed by atoms with Crippen molar-refractivity contribution >= 4 is 10.9 Å². The fourth-order valence-corrected chi connectivity index (χ4v) is 4.30. The van der Waals surface area contributed by atoms with Crippen LogP contribution in [0.1, 0.15) is 24.1 Å². The van der Waals surface area contributed by atoms with Gasteiger partial charge in [-0.3, -0.25) is 9.88 Å². The van der Waals surface area contributed by atoms with Gasteiger partial charge in [0.1, 0.15) is 0 Å². The average molecular weight is 281 g/mol. The van der Waals surface area contributed by atoms with Gasteiger partial charge < -0.3 is 5.73 Å². The van der Waals surface area contributed by atoms with Gasteiger partial charge >= 0.3 is 0 Å². The molecule has 1 aliphatic heterocycles. The normalized spacial score (nSPS) is 29.1. The van der Waals surface area contributed by atoms with E-state index in [2.05, 4.69) is 47.1 Å². The van der Waals surface area contributed by atoms with Crippen molar-refractivity contribution in [2.24, 2.45) is 17.6 Å². The zero-order valence-electron chi connectivity index (χ0n) is 12.6. The Hall–Kier alpha value is -1.45. The zero-order valence-corrected chi connectivity index (χ0v) is 12.6. The molecule has 3 nitrogen and oxygen atoms in total. The summed E-state index contributed by atoms with van der Waals surface area (Å²) in [4.78, 5) is 7.23. The molecule has 1 aromatic carbocycles. The molecule has 1 saturated carbocycles. The van der Waals surface area contributed by atoms with Crippen molar-refractivity contribution in [3.63, 3.8) is 0 Å². The summed E-state index contributed by atoms with van der Waals surface area (Å²) in [7, 11) is 0. The summed E-state index contributed by atoms with van der Waals surface area (Å²) in [5, 5.41) is 1.30. The molecule has 0 amide bonds. The summed E-state index contributed by atoms with van der Waals surface area (Å²) in [6.07, 6.45) is 2.54. The van der Waals surface area contributed by atoms with E-state index in [0.29, 0.717) is 6.04 Å². The van der Waals surface area contributed by atoms with Gasteiger partial charge in [-0.1, -0.05) is 18.2 Å². The highest BCUT2D eigenvalue weighted by atomic mass is 15.2. The van der Waals surface area contributed by atoms with E-state index in [4.69, 9.17) is 5.73 Å². The summed E-state index contributed by atoms with van der Waals surface area (Å²) in [6.45, 7) is 5.50. The first-order chi connectivity index (χ1) is 10.2. The van der Waals surface area contributed by atoms with Crippen molar-refractivity contribution < 1.29 is 0 Å². The molecule has 0 spiro atoms. The molecule has 0 radical (unpaired) electrons. The Morgan fingerprint density at radius 2 is 2.10 bits per heavy atom. The van der Waals surface area contributed by atoms with Crippen LogP contribution in [0.5, 0.6) is 0 Å². The Bertz CT molecular complexity index is 667. The fraction of sp³-hybridized carbons (Fsp3) is 0.500. The molecule has 1 aliphatic carbocycles. The molecule has 3 atom stereocenters. The number of para-hydroxylation sites is 1. The van der Waals surface area contributed by atoms with Gasteiger partial charge in [0.15, 0.2) is 0 Å². The maximum absolute atomic E-state index is 6.25. The van der Waals surface area contributed by atoms with E-state index >= 15 is 0 Å². The van der Waals surface area contributed by atoms with E-state index in [1.54, 1.807) is 0 Å². The number of aryl methyl sites for hydroxylation is 1. The Balaban J connectivity index is 1.61. The maximum Gasteiger partial charge on any atom is 0.0708 e. The molecule has 2 N–H and O–H groups in total. The van der Waals surface area contributed by atoms with Gasteiger partial charge in [0, 0.05) is 36.8 Å². The highest BCUT2D eigenvalue weighted by molar-refractivity contribution is 5.82. The lowest BCUT2D eigenvalue weighted by molar-refractivity contribution is 0.299. The number of nitrogens with zero attached hydrogens (tertiary/aromatic N) is 2. The largest absolute Gasteiger partial charge is 0.327 e. The van der Waals surface area contributed by atoms with Crippen molar-refractivity contribution in [2.45, 2.75) is 32.4 Å². The quantitative estimate of drug-likeness (QED) is 0.920. The molecule has 110 valence electrons. The number of pyridine rings is 1. The maximum atomic E-state index is 6.25. The predicted molar refractivity (Wildman–Crippen MR) is 85.9 cm³/mol. The van der Waals surface area contributed by atoms with Gasteiger partial charge in [-0.2, -0.15) is 0 Å². The van der Waals surface area contributed by atoms with E-state index in [1.807, 2.05) is 0 Å². The van der Waals surface area contributed by atoms with E-state index in [0.717, 1.165) is 29.6 Å². The smallest absolute Gasteiger partial charge is 0.0708 e. The number of aromatic nitrogens is 1. The molecule has 2 aromatic rings.